The van der Waals surface area contributed by atoms with E-state index in [1.807, 2.05) is 0 Å². The van der Waals surface area contributed by atoms with E-state index in [0.717, 1.165) is 12.8 Å². The molecule has 1 saturated heterocycles. The molecule has 0 aromatic carbocycles. The Labute approximate surface area is 131 Å². The summed E-state index contributed by atoms with van der Waals surface area (Å²) in [6.45, 7) is 5.94. The van der Waals surface area contributed by atoms with Crippen molar-refractivity contribution < 1.29 is 28.9 Å². The van der Waals surface area contributed by atoms with Gasteiger partial charge in [0.1, 0.15) is 12.2 Å². The van der Waals surface area contributed by atoms with Gasteiger partial charge in [0, 0.05) is 13.0 Å². The average Bonchev–Trinajstić information content (AvgIpc) is 2.87. The third kappa shape index (κ3) is 8.19. The quantitative estimate of drug-likeness (QED) is 0.544. The molecule has 2 N–H and O–H groups in total. The van der Waals surface area contributed by atoms with Crippen LogP contribution in [-0.4, -0.2) is 54.7 Å². The number of carbonyl (C=O) groups is 2. The van der Waals surface area contributed by atoms with Gasteiger partial charge in [-0.05, 0) is 40.0 Å². The van der Waals surface area contributed by atoms with Gasteiger partial charge in [0.05, 0.1) is 18.8 Å². The minimum Gasteiger partial charge on any atom is -0.463 e. The zero-order valence-electron chi connectivity index (χ0n) is 13.6. The summed E-state index contributed by atoms with van der Waals surface area (Å²) in [6, 6.07) is 0. The summed E-state index contributed by atoms with van der Waals surface area (Å²) in [5, 5.41) is 11.5. The van der Waals surface area contributed by atoms with E-state index in [2.05, 4.69) is 5.32 Å². The molecule has 1 aliphatic rings. The van der Waals surface area contributed by atoms with Crippen LogP contribution in [0.3, 0.4) is 0 Å². The van der Waals surface area contributed by atoms with Crippen LogP contribution < -0.4 is 5.32 Å². The van der Waals surface area contributed by atoms with Crippen molar-refractivity contribution in [1.82, 2.24) is 5.32 Å². The Morgan fingerprint density at radius 3 is 2.55 bits per heavy atom. The maximum atomic E-state index is 11.6. The largest absolute Gasteiger partial charge is 0.463 e. The van der Waals surface area contributed by atoms with Crippen molar-refractivity contribution in [3.05, 3.63) is 0 Å². The molecule has 0 bridgehead atoms. The second-order valence-corrected chi connectivity index (χ2v) is 6.36. The summed E-state index contributed by atoms with van der Waals surface area (Å²) < 4.78 is 15.7. The SMILES string of the molecule is CC(C)(C)OC(=O)NCCCC(=O)OC[C@@H]1CC[C@H](CO)O1. The molecule has 1 fully saturated rings. The minimum absolute atomic E-state index is 0.000775. The van der Waals surface area contributed by atoms with Crippen molar-refractivity contribution in [3.8, 4) is 0 Å². The first-order valence-corrected chi connectivity index (χ1v) is 7.69. The van der Waals surface area contributed by atoms with Crippen molar-refractivity contribution in [2.45, 2.75) is 64.3 Å². The van der Waals surface area contributed by atoms with E-state index in [-0.39, 0.29) is 37.8 Å². The van der Waals surface area contributed by atoms with Gasteiger partial charge >= 0.3 is 12.1 Å². The first-order valence-electron chi connectivity index (χ1n) is 7.69. The highest BCUT2D eigenvalue weighted by atomic mass is 16.6. The van der Waals surface area contributed by atoms with Crippen molar-refractivity contribution in [2.75, 3.05) is 19.8 Å². The minimum atomic E-state index is -0.531. The van der Waals surface area contributed by atoms with Crippen LogP contribution in [0.5, 0.6) is 0 Å². The molecule has 1 rings (SSSR count). The molecule has 0 saturated carbocycles. The van der Waals surface area contributed by atoms with E-state index in [9.17, 15) is 9.59 Å². The van der Waals surface area contributed by atoms with Crippen LogP contribution in [-0.2, 0) is 19.0 Å². The van der Waals surface area contributed by atoms with Crippen LogP contribution in [0.2, 0.25) is 0 Å². The number of aliphatic hydroxyl groups excluding tert-OH is 1. The van der Waals surface area contributed by atoms with Gasteiger partial charge in [0.25, 0.3) is 0 Å². The van der Waals surface area contributed by atoms with Gasteiger partial charge in [0.15, 0.2) is 0 Å². The molecular formula is C15H27NO6. The third-order valence-corrected chi connectivity index (χ3v) is 3.06. The number of aliphatic hydroxyl groups is 1. The average molecular weight is 317 g/mol. The number of hydrogen-bond acceptors (Lipinski definition) is 6. The summed E-state index contributed by atoms with van der Waals surface area (Å²) in [6.07, 6.45) is 1.55. The number of carbonyl (C=O) groups excluding carboxylic acids is 2. The fourth-order valence-corrected chi connectivity index (χ4v) is 2.03. The summed E-state index contributed by atoms with van der Waals surface area (Å²) in [5.41, 5.74) is -0.531. The van der Waals surface area contributed by atoms with Crippen molar-refractivity contribution in [1.29, 1.82) is 0 Å². The van der Waals surface area contributed by atoms with Crippen LogP contribution in [0.1, 0.15) is 46.5 Å². The molecule has 1 aliphatic heterocycles. The Kier molecular flexibility index (Phi) is 7.61. The van der Waals surface area contributed by atoms with Crippen LogP contribution >= 0.6 is 0 Å². The lowest BCUT2D eigenvalue weighted by Crippen LogP contribution is -2.33. The topological polar surface area (TPSA) is 94.1 Å². The summed E-state index contributed by atoms with van der Waals surface area (Å²) in [5.74, 6) is -0.318. The summed E-state index contributed by atoms with van der Waals surface area (Å²) in [7, 11) is 0. The van der Waals surface area contributed by atoms with Crippen molar-refractivity contribution in [2.24, 2.45) is 0 Å². The maximum Gasteiger partial charge on any atom is 0.407 e. The molecule has 0 aliphatic carbocycles. The lowest BCUT2D eigenvalue weighted by Gasteiger charge is -2.19. The van der Waals surface area contributed by atoms with Gasteiger partial charge in [0.2, 0.25) is 0 Å². The fraction of sp³-hybridized carbons (Fsp3) is 0.867. The zero-order valence-corrected chi connectivity index (χ0v) is 13.6. The number of ether oxygens (including phenoxy) is 3. The molecule has 22 heavy (non-hydrogen) atoms. The lowest BCUT2D eigenvalue weighted by atomic mass is 10.2. The number of hydrogen-bond donors (Lipinski definition) is 2. The van der Waals surface area contributed by atoms with Gasteiger partial charge in [-0.25, -0.2) is 4.79 Å². The molecular weight excluding hydrogens is 290 g/mol. The predicted octanol–water partition coefficient (Wildman–Crippen LogP) is 1.37. The maximum absolute atomic E-state index is 11.6. The van der Waals surface area contributed by atoms with Crippen LogP contribution in [0.25, 0.3) is 0 Å². The Morgan fingerprint density at radius 2 is 1.95 bits per heavy atom. The Balaban J connectivity index is 2.03. The Hall–Kier alpha value is -1.34. The molecule has 2 atom stereocenters. The molecule has 0 unspecified atom stereocenters. The van der Waals surface area contributed by atoms with Crippen LogP contribution in [0, 0.1) is 0 Å². The van der Waals surface area contributed by atoms with Crippen LogP contribution in [0.4, 0.5) is 4.79 Å². The smallest absolute Gasteiger partial charge is 0.407 e. The lowest BCUT2D eigenvalue weighted by molar-refractivity contribution is -0.148. The van der Waals surface area contributed by atoms with E-state index >= 15 is 0 Å². The molecule has 1 amide bonds. The van der Waals surface area contributed by atoms with Crippen molar-refractivity contribution >= 4 is 12.1 Å². The van der Waals surface area contributed by atoms with E-state index in [1.54, 1.807) is 20.8 Å². The molecule has 7 nitrogen and oxygen atoms in total. The number of esters is 1. The number of alkyl carbamates (subject to hydrolysis) is 1. The van der Waals surface area contributed by atoms with Gasteiger partial charge < -0.3 is 24.6 Å². The highest BCUT2D eigenvalue weighted by Gasteiger charge is 2.25. The second-order valence-electron chi connectivity index (χ2n) is 6.36. The summed E-state index contributed by atoms with van der Waals surface area (Å²) in [4.78, 5) is 22.9. The molecule has 0 aromatic rings. The second kappa shape index (κ2) is 8.95. The normalized spacial score (nSPS) is 21.5. The zero-order chi connectivity index (χ0) is 16.6. The Bertz CT molecular complexity index is 366. The predicted molar refractivity (Wildman–Crippen MR) is 79.4 cm³/mol. The van der Waals surface area contributed by atoms with Gasteiger partial charge in [-0.1, -0.05) is 0 Å². The van der Waals surface area contributed by atoms with E-state index in [1.165, 1.54) is 0 Å². The molecule has 0 aromatic heterocycles. The molecule has 0 spiro atoms. The molecule has 7 heteroatoms. The van der Waals surface area contributed by atoms with E-state index < -0.39 is 11.7 Å². The highest BCUT2D eigenvalue weighted by Crippen LogP contribution is 2.19. The Morgan fingerprint density at radius 1 is 1.27 bits per heavy atom. The third-order valence-electron chi connectivity index (χ3n) is 3.06. The first kappa shape index (κ1) is 18.7. The van der Waals surface area contributed by atoms with Gasteiger partial charge in [-0.2, -0.15) is 0 Å². The highest BCUT2D eigenvalue weighted by molar-refractivity contribution is 5.70. The van der Waals surface area contributed by atoms with Crippen LogP contribution in [0.15, 0.2) is 0 Å². The molecule has 0 radical (unpaired) electrons. The number of nitrogens with one attached hydrogen (secondary N) is 1. The number of amides is 1. The first-order chi connectivity index (χ1) is 10.3. The van der Waals surface area contributed by atoms with E-state index in [0.29, 0.717) is 13.0 Å². The standard InChI is InChI=1S/C15H27NO6/c1-15(2,3)22-14(19)16-8-4-5-13(18)20-10-12-7-6-11(9-17)21-12/h11-12,17H,4-10H2,1-3H3,(H,16,19)/t11-,12+/m1/s1. The number of rotatable bonds is 7. The van der Waals surface area contributed by atoms with E-state index in [4.69, 9.17) is 19.3 Å². The molecule has 128 valence electrons. The summed E-state index contributed by atoms with van der Waals surface area (Å²) >= 11 is 0. The molecule has 1 heterocycles. The van der Waals surface area contributed by atoms with Gasteiger partial charge in [-0.3, -0.25) is 4.79 Å². The van der Waals surface area contributed by atoms with Gasteiger partial charge in [-0.15, -0.1) is 0 Å². The van der Waals surface area contributed by atoms with Crippen molar-refractivity contribution in [3.63, 3.8) is 0 Å². The monoisotopic (exact) mass is 317 g/mol. The fourth-order valence-electron chi connectivity index (χ4n) is 2.03.